The Morgan fingerprint density at radius 3 is 2.64 bits per heavy atom. The maximum atomic E-state index is 13.4. The van der Waals surface area contributed by atoms with Crippen molar-refractivity contribution in [2.75, 3.05) is 0 Å². The van der Waals surface area contributed by atoms with Crippen LogP contribution in [0, 0.1) is 18.6 Å². The number of thioether (sulfide) groups is 1. The van der Waals surface area contributed by atoms with Crippen LogP contribution in [-0.2, 0) is 5.75 Å². The van der Waals surface area contributed by atoms with Gasteiger partial charge in [0.25, 0.3) is 0 Å². The number of nitrogens with zero attached hydrogens (tertiary/aromatic N) is 3. The van der Waals surface area contributed by atoms with Crippen molar-refractivity contribution in [3.8, 4) is 5.69 Å². The third-order valence-electron chi connectivity index (χ3n) is 4.21. The van der Waals surface area contributed by atoms with E-state index < -0.39 is 11.6 Å². The van der Waals surface area contributed by atoms with Gasteiger partial charge in [-0.1, -0.05) is 30.0 Å². The molecule has 0 radical (unpaired) electrons. The lowest BCUT2D eigenvalue weighted by molar-refractivity contribution is 0.507. The summed E-state index contributed by atoms with van der Waals surface area (Å²) >= 11 is 1.48. The highest BCUT2D eigenvalue weighted by Crippen LogP contribution is 2.41. The molecule has 3 nitrogen and oxygen atoms in total. The van der Waals surface area contributed by atoms with Gasteiger partial charge in [0.15, 0.2) is 16.8 Å². The van der Waals surface area contributed by atoms with E-state index >= 15 is 0 Å². The molecule has 0 atom stereocenters. The number of halogens is 2. The van der Waals surface area contributed by atoms with Gasteiger partial charge in [0.2, 0.25) is 0 Å². The smallest absolute Gasteiger partial charge is 0.196 e. The first-order chi connectivity index (χ1) is 12.1. The van der Waals surface area contributed by atoms with Gasteiger partial charge in [0, 0.05) is 17.4 Å². The average Bonchev–Trinajstić information content (AvgIpc) is 3.35. The Kier molecular flexibility index (Phi) is 4.29. The number of rotatable bonds is 5. The molecule has 1 heterocycles. The fourth-order valence-corrected chi connectivity index (χ4v) is 3.67. The first kappa shape index (κ1) is 16.3. The minimum atomic E-state index is -0.826. The van der Waals surface area contributed by atoms with Crippen molar-refractivity contribution in [2.45, 2.75) is 36.6 Å². The molecule has 0 unspecified atom stereocenters. The zero-order valence-corrected chi connectivity index (χ0v) is 14.6. The van der Waals surface area contributed by atoms with Crippen molar-refractivity contribution < 1.29 is 8.78 Å². The van der Waals surface area contributed by atoms with Crippen molar-refractivity contribution in [3.05, 3.63) is 71.1 Å². The van der Waals surface area contributed by atoms with Crippen molar-refractivity contribution in [1.82, 2.24) is 14.8 Å². The summed E-state index contributed by atoms with van der Waals surface area (Å²) in [5.41, 5.74) is 2.93. The minimum Gasteiger partial charge on any atom is -0.274 e. The van der Waals surface area contributed by atoms with Gasteiger partial charge in [0.1, 0.15) is 5.82 Å². The summed E-state index contributed by atoms with van der Waals surface area (Å²) in [5.74, 6) is 0.305. The van der Waals surface area contributed by atoms with Crippen LogP contribution < -0.4 is 0 Å². The summed E-state index contributed by atoms with van der Waals surface area (Å²) in [6.45, 7) is 2.05. The zero-order valence-electron chi connectivity index (χ0n) is 13.7. The van der Waals surface area contributed by atoms with E-state index in [0.717, 1.165) is 41.1 Å². The first-order valence-corrected chi connectivity index (χ1v) is 9.19. The topological polar surface area (TPSA) is 30.7 Å². The highest BCUT2D eigenvalue weighted by atomic mass is 32.2. The number of hydrogen-bond acceptors (Lipinski definition) is 3. The minimum absolute atomic E-state index is 0.464. The Morgan fingerprint density at radius 1 is 1.08 bits per heavy atom. The van der Waals surface area contributed by atoms with Crippen LogP contribution in [0.5, 0.6) is 0 Å². The Hall–Kier alpha value is -2.21. The predicted molar refractivity (Wildman–Crippen MR) is 94.0 cm³/mol. The maximum Gasteiger partial charge on any atom is 0.196 e. The van der Waals surface area contributed by atoms with E-state index in [9.17, 15) is 8.78 Å². The molecule has 0 amide bonds. The van der Waals surface area contributed by atoms with E-state index in [0.29, 0.717) is 11.7 Å². The third kappa shape index (κ3) is 3.44. The van der Waals surface area contributed by atoms with Crippen molar-refractivity contribution in [1.29, 1.82) is 0 Å². The fourth-order valence-electron chi connectivity index (χ4n) is 2.77. The predicted octanol–water partition coefficient (Wildman–Crippen LogP) is 5.02. The van der Waals surface area contributed by atoms with Gasteiger partial charge in [-0.3, -0.25) is 4.57 Å². The largest absolute Gasteiger partial charge is 0.274 e. The molecular formula is C19H17F2N3S. The lowest BCUT2D eigenvalue weighted by Crippen LogP contribution is -2.02. The summed E-state index contributed by atoms with van der Waals surface area (Å²) in [5, 5.41) is 9.51. The summed E-state index contributed by atoms with van der Waals surface area (Å²) in [6.07, 6.45) is 2.27. The molecule has 1 aliphatic carbocycles. The molecule has 0 N–H and O–H groups in total. The average molecular weight is 357 g/mol. The highest BCUT2D eigenvalue weighted by Gasteiger charge is 2.31. The number of benzene rings is 2. The first-order valence-electron chi connectivity index (χ1n) is 8.21. The van der Waals surface area contributed by atoms with Crippen LogP contribution in [0.3, 0.4) is 0 Å². The number of aromatic nitrogens is 3. The lowest BCUT2D eigenvalue weighted by Gasteiger charge is -2.10. The van der Waals surface area contributed by atoms with Crippen LogP contribution in [0.1, 0.15) is 35.7 Å². The molecule has 0 spiro atoms. The second-order valence-corrected chi connectivity index (χ2v) is 7.27. The molecule has 4 rings (SSSR count). The molecular weight excluding hydrogens is 340 g/mol. The Bertz CT molecular complexity index is 919. The Labute approximate surface area is 149 Å². The van der Waals surface area contributed by atoms with E-state index in [1.807, 2.05) is 12.1 Å². The van der Waals surface area contributed by atoms with Crippen LogP contribution in [0.15, 0.2) is 47.6 Å². The fraction of sp³-hybridized carbons (Fsp3) is 0.263. The summed E-state index contributed by atoms with van der Waals surface area (Å²) in [6, 6.07) is 12.2. The number of hydrogen-bond donors (Lipinski definition) is 0. The molecule has 0 saturated heterocycles. The Morgan fingerprint density at radius 2 is 1.92 bits per heavy atom. The normalized spacial score (nSPS) is 14.0. The van der Waals surface area contributed by atoms with Crippen molar-refractivity contribution in [2.24, 2.45) is 0 Å². The van der Waals surface area contributed by atoms with Crippen LogP contribution in [0.4, 0.5) is 8.78 Å². The molecule has 1 aromatic heterocycles. The molecule has 3 aromatic rings. The van der Waals surface area contributed by atoms with Crippen LogP contribution in [-0.4, -0.2) is 14.8 Å². The molecule has 6 heteroatoms. The molecule has 0 aliphatic heterocycles. The second-order valence-electron chi connectivity index (χ2n) is 6.33. The lowest BCUT2D eigenvalue weighted by atomic mass is 10.2. The molecule has 128 valence electrons. The Balaban J connectivity index is 1.64. The van der Waals surface area contributed by atoms with Gasteiger partial charge >= 0.3 is 0 Å². The van der Waals surface area contributed by atoms with Crippen LogP contribution in [0.25, 0.3) is 5.69 Å². The van der Waals surface area contributed by atoms with Gasteiger partial charge in [0.05, 0.1) is 0 Å². The number of aryl methyl sites for hydroxylation is 1. The SMILES string of the molecule is Cc1cccc(-n2c(SCc3ccc(F)c(F)c3)nnc2C2CC2)c1. The highest BCUT2D eigenvalue weighted by molar-refractivity contribution is 7.98. The van der Waals surface area contributed by atoms with E-state index in [1.54, 1.807) is 6.07 Å². The van der Waals surface area contributed by atoms with E-state index in [1.165, 1.54) is 23.4 Å². The molecule has 1 fully saturated rings. The van der Waals surface area contributed by atoms with E-state index in [2.05, 4.69) is 33.8 Å². The van der Waals surface area contributed by atoms with Crippen LogP contribution >= 0.6 is 11.8 Å². The molecule has 0 bridgehead atoms. The molecule has 25 heavy (non-hydrogen) atoms. The zero-order chi connectivity index (χ0) is 17.4. The molecule has 1 aliphatic rings. The van der Waals surface area contributed by atoms with Crippen molar-refractivity contribution in [3.63, 3.8) is 0 Å². The summed E-state index contributed by atoms with van der Waals surface area (Å²) < 4.78 is 28.6. The monoisotopic (exact) mass is 357 g/mol. The second kappa shape index (κ2) is 6.59. The standard InChI is InChI=1S/C19H17F2N3S/c1-12-3-2-4-15(9-12)24-18(14-6-7-14)22-23-19(24)25-11-13-5-8-16(20)17(21)10-13/h2-5,8-10,14H,6-7,11H2,1H3. The van der Waals surface area contributed by atoms with Gasteiger partial charge in [-0.15, -0.1) is 10.2 Å². The van der Waals surface area contributed by atoms with Crippen LogP contribution in [0.2, 0.25) is 0 Å². The third-order valence-corrected chi connectivity index (χ3v) is 5.21. The summed E-state index contributed by atoms with van der Waals surface area (Å²) in [4.78, 5) is 0. The molecule has 1 saturated carbocycles. The van der Waals surface area contributed by atoms with Gasteiger partial charge in [-0.2, -0.15) is 0 Å². The van der Waals surface area contributed by atoms with Gasteiger partial charge < -0.3 is 0 Å². The van der Waals surface area contributed by atoms with Crippen molar-refractivity contribution >= 4 is 11.8 Å². The van der Waals surface area contributed by atoms with E-state index in [4.69, 9.17) is 0 Å². The molecule has 2 aromatic carbocycles. The summed E-state index contributed by atoms with van der Waals surface area (Å²) in [7, 11) is 0. The van der Waals surface area contributed by atoms with Gasteiger partial charge in [-0.05, 0) is 55.2 Å². The van der Waals surface area contributed by atoms with Gasteiger partial charge in [-0.25, -0.2) is 8.78 Å². The maximum absolute atomic E-state index is 13.4. The van der Waals surface area contributed by atoms with E-state index in [-0.39, 0.29) is 0 Å². The quantitative estimate of drug-likeness (QED) is 0.601.